The molecule has 0 saturated heterocycles. The molecule has 0 aliphatic carbocycles. The van der Waals surface area contributed by atoms with Gasteiger partial charge in [-0.2, -0.15) is 0 Å². The van der Waals surface area contributed by atoms with Crippen LogP contribution in [0.3, 0.4) is 0 Å². The number of nitrogens with zero attached hydrogens (tertiary/aromatic N) is 4. The van der Waals surface area contributed by atoms with E-state index in [2.05, 4.69) is 25.3 Å². The van der Waals surface area contributed by atoms with Crippen LogP contribution in [0.4, 0.5) is 5.69 Å². The Morgan fingerprint density at radius 1 is 0.893 bits per heavy atom. The Bertz CT molecular complexity index is 1310. The van der Waals surface area contributed by atoms with Crippen molar-refractivity contribution in [3.63, 3.8) is 0 Å². The third kappa shape index (κ3) is 2.95. The molecule has 0 saturated carbocycles. The van der Waals surface area contributed by atoms with Gasteiger partial charge in [0.1, 0.15) is 11.2 Å². The van der Waals surface area contributed by atoms with E-state index in [4.69, 9.17) is 4.42 Å². The first-order chi connectivity index (χ1) is 13.8. The van der Waals surface area contributed by atoms with Gasteiger partial charge >= 0.3 is 0 Å². The minimum absolute atomic E-state index is 0.245. The van der Waals surface area contributed by atoms with E-state index in [0.717, 1.165) is 11.1 Å². The quantitative estimate of drug-likeness (QED) is 0.516. The number of carbonyl (C=O) groups excluding carboxylic acids is 1. The highest BCUT2D eigenvalue weighted by Crippen LogP contribution is 2.25. The minimum atomic E-state index is -0.339. The maximum atomic E-state index is 12.6. The largest absolute Gasteiger partial charge is 0.436 e. The number of amides is 1. The molecule has 2 aromatic carbocycles. The summed E-state index contributed by atoms with van der Waals surface area (Å²) >= 11 is 0. The zero-order valence-corrected chi connectivity index (χ0v) is 14.5. The summed E-state index contributed by atoms with van der Waals surface area (Å²) in [6.07, 6.45) is 4.84. The first-order valence-electron chi connectivity index (χ1n) is 8.60. The van der Waals surface area contributed by atoms with E-state index in [0.29, 0.717) is 28.2 Å². The Balaban J connectivity index is 1.43. The zero-order chi connectivity index (χ0) is 18.9. The van der Waals surface area contributed by atoms with Gasteiger partial charge in [-0.05, 0) is 42.5 Å². The summed E-state index contributed by atoms with van der Waals surface area (Å²) in [7, 11) is 0. The van der Waals surface area contributed by atoms with E-state index in [1.54, 1.807) is 30.6 Å². The van der Waals surface area contributed by atoms with Crippen LogP contribution in [0.25, 0.3) is 33.6 Å². The minimum Gasteiger partial charge on any atom is -0.436 e. The molecule has 0 bridgehead atoms. The Hall–Kier alpha value is -4.13. The lowest BCUT2D eigenvalue weighted by atomic mass is 10.2. The topological polar surface area (TPSA) is 93.8 Å². The predicted molar refractivity (Wildman–Crippen MR) is 105 cm³/mol. The van der Waals surface area contributed by atoms with Crippen molar-refractivity contribution < 1.29 is 9.21 Å². The summed E-state index contributed by atoms with van der Waals surface area (Å²) in [4.78, 5) is 29.7. The van der Waals surface area contributed by atoms with Crippen LogP contribution in [0.5, 0.6) is 0 Å². The normalized spacial score (nSPS) is 11.0. The fourth-order valence-corrected chi connectivity index (χ4v) is 2.88. The van der Waals surface area contributed by atoms with Gasteiger partial charge in [-0.25, -0.2) is 9.97 Å². The third-order valence-corrected chi connectivity index (χ3v) is 4.24. The van der Waals surface area contributed by atoms with Gasteiger partial charge in [-0.3, -0.25) is 14.8 Å². The molecular formula is C21H13N5O2. The lowest BCUT2D eigenvalue weighted by molar-refractivity contribution is 0.102. The molecule has 1 amide bonds. The van der Waals surface area contributed by atoms with E-state index >= 15 is 0 Å². The molecule has 5 rings (SSSR count). The number of aromatic nitrogens is 4. The smallest absolute Gasteiger partial charge is 0.275 e. The molecule has 1 N–H and O–H groups in total. The maximum absolute atomic E-state index is 12.6. The van der Waals surface area contributed by atoms with Gasteiger partial charge in [0.2, 0.25) is 5.89 Å². The number of hydrogen-bond acceptors (Lipinski definition) is 6. The second kappa shape index (κ2) is 6.55. The van der Waals surface area contributed by atoms with E-state index in [-0.39, 0.29) is 11.6 Å². The van der Waals surface area contributed by atoms with E-state index in [1.165, 1.54) is 6.20 Å². The molecule has 0 radical (unpaired) electrons. The van der Waals surface area contributed by atoms with Gasteiger partial charge in [0.05, 0.1) is 22.8 Å². The molecule has 0 aliphatic heterocycles. The van der Waals surface area contributed by atoms with E-state index < -0.39 is 0 Å². The number of oxazole rings is 1. The SMILES string of the molecule is O=C(Nc1ccc2oc(-c3cccnc3)nc2c1)c1cnc2ccccc2n1. The molecule has 134 valence electrons. The van der Waals surface area contributed by atoms with Crippen molar-refractivity contribution in [2.75, 3.05) is 5.32 Å². The van der Waals surface area contributed by atoms with Crippen LogP contribution in [0.1, 0.15) is 10.5 Å². The van der Waals surface area contributed by atoms with Crippen LogP contribution in [0.2, 0.25) is 0 Å². The van der Waals surface area contributed by atoms with Gasteiger partial charge in [0, 0.05) is 18.1 Å². The van der Waals surface area contributed by atoms with Crippen molar-refractivity contribution in [3.8, 4) is 11.5 Å². The number of para-hydroxylation sites is 2. The highest BCUT2D eigenvalue weighted by Gasteiger charge is 2.12. The highest BCUT2D eigenvalue weighted by atomic mass is 16.3. The molecule has 5 aromatic rings. The summed E-state index contributed by atoms with van der Waals surface area (Å²) in [6.45, 7) is 0. The van der Waals surface area contributed by atoms with Crippen LogP contribution in [0, 0.1) is 0 Å². The monoisotopic (exact) mass is 367 g/mol. The Labute approximate surface area is 159 Å². The first kappa shape index (κ1) is 16.1. The Kier molecular flexibility index (Phi) is 3.76. The van der Waals surface area contributed by atoms with Gasteiger partial charge in [-0.15, -0.1) is 0 Å². The summed E-state index contributed by atoms with van der Waals surface area (Å²) in [5.41, 5.74) is 4.31. The highest BCUT2D eigenvalue weighted by molar-refractivity contribution is 6.04. The number of rotatable bonds is 3. The van der Waals surface area contributed by atoms with Crippen LogP contribution < -0.4 is 5.32 Å². The lowest BCUT2D eigenvalue weighted by Gasteiger charge is -2.05. The summed E-state index contributed by atoms with van der Waals surface area (Å²) < 4.78 is 5.76. The van der Waals surface area contributed by atoms with E-state index in [1.807, 2.05) is 36.4 Å². The Morgan fingerprint density at radius 2 is 1.79 bits per heavy atom. The van der Waals surface area contributed by atoms with Crippen LogP contribution >= 0.6 is 0 Å². The summed E-state index contributed by atoms with van der Waals surface area (Å²) in [5.74, 6) is 0.139. The molecule has 3 heterocycles. The second-order valence-corrected chi connectivity index (χ2v) is 6.14. The van der Waals surface area contributed by atoms with Crippen molar-refractivity contribution in [3.05, 3.63) is 78.9 Å². The molecule has 0 aliphatic rings. The Morgan fingerprint density at radius 3 is 2.64 bits per heavy atom. The fourth-order valence-electron chi connectivity index (χ4n) is 2.88. The molecule has 0 atom stereocenters. The number of fused-ring (bicyclic) bond motifs is 2. The predicted octanol–water partition coefficient (Wildman–Crippen LogP) is 4.09. The molecule has 28 heavy (non-hydrogen) atoms. The number of pyridine rings is 1. The molecule has 0 spiro atoms. The molecule has 0 fully saturated rings. The molecule has 3 aromatic heterocycles. The van der Waals surface area contributed by atoms with E-state index in [9.17, 15) is 4.79 Å². The maximum Gasteiger partial charge on any atom is 0.275 e. The van der Waals surface area contributed by atoms with Crippen molar-refractivity contribution in [2.24, 2.45) is 0 Å². The van der Waals surface area contributed by atoms with Gasteiger partial charge < -0.3 is 9.73 Å². The van der Waals surface area contributed by atoms with Gasteiger partial charge in [-0.1, -0.05) is 12.1 Å². The van der Waals surface area contributed by atoms with Crippen molar-refractivity contribution in [1.82, 2.24) is 19.9 Å². The average Bonchev–Trinajstić information content (AvgIpc) is 3.17. The summed E-state index contributed by atoms with van der Waals surface area (Å²) in [6, 6.07) is 16.4. The number of carbonyl (C=O) groups is 1. The van der Waals surface area contributed by atoms with Crippen LogP contribution in [-0.4, -0.2) is 25.8 Å². The number of benzene rings is 2. The molecule has 7 nitrogen and oxygen atoms in total. The van der Waals surface area contributed by atoms with Crippen LogP contribution in [-0.2, 0) is 0 Å². The third-order valence-electron chi connectivity index (χ3n) is 4.24. The number of nitrogens with one attached hydrogen (secondary N) is 1. The second-order valence-electron chi connectivity index (χ2n) is 6.14. The standard InChI is InChI=1S/C21H13N5O2/c27-20(18-12-23-15-5-1-2-6-16(15)25-18)24-14-7-8-19-17(10-14)26-21(28-19)13-4-3-9-22-11-13/h1-12H,(H,24,27). The van der Waals surface area contributed by atoms with Gasteiger partial charge in [0.25, 0.3) is 5.91 Å². The fraction of sp³-hybridized carbons (Fsp3) is 0. The van der Waals surface area contributed by atoms with Crippen molar-refractivity contribution in [1.29, 1.82) is 0 Å². The first-order valence-corrected chi connectivity index (χ1v) is 8.60. The zero-order valence-electron chi connectivity index (χ0n) is 14.5. The lowest BCUT2D eigenvalue weighted by Crippen LogP contribution is -2.14. The van der Waals surface area contributed by atoms with Crippen molar-refractivity contribution >= 4 is 33.7 Å². The average molecular weight is 367 g/mol. The van der Waals surface area contributed by atoms with Crippen LogP contribution in [0.15, 0.2) is 77.6 Å². The van der Waals surface area contributed by atoms with Crippen molar-refractivity contribution in [2.45, 2.75) is 0 Å². The molecular weight excluding hydrogens is 354 g/mol. The summed E-state index contributed by atoms with van der Waals surface area (Å²) in [5, 5.41) is 2.83. The number of hydrogen-bond donors (Lipinski definition) is 1. The van der Waals surface area contributed by atoms with Gasteiger partial charge in [0.15, 0.2) is 5.58 Å². The number of anilines is 1. The molecule has 0 unspecified atom stereocenters. The molecule has 7 heteroatoms.